The van der Waals surface area contributed by atoms with E-state index in [1.165, 1.54) is 0 Å². The zero-order valence-electron chi connectivity index (χ0n) is 20.6. The Balaban J connectivity index is 1.59. The summed E-state index contributed by atoms with van der Waals surface area (Å²) in [5.41, 5.74) is 6.39. The third-order valence-corrected chi connectivity index (χ3v) is 6.29. The van der Waals surface area contributed by atoms with Gasteiger partial charge in [0.1, 0.15) is 11.5 Å². The molecule has 0 fully saturated rings. The number of ether oxygens (including phenoxy) is 2. The molecule has 3 heterocycles. The number of hydrogen-bond acceptors (Lipinski definition) is 8. The van der Waals surface area contributed by atoms with Gasteiger partial charge in [-0.3, -0.25) is 14.7 Å². The van der Waals surface area contributed by atoms with Gasteiger partial charge in [0.25, 0.3) is 0 Å². The normalized spacial score (nSPS) is 15.4. The van der Waals surface area contributed by atoms with Crippen molar-refractivity contribution in [1.82, 2.24) is 24.8 Å². The van der Waals surface area contributed by atoms with Crippen molar-refractivity contribution in [2.75, 3.05) is 32.7 Å². The van der Waals surface area contributed by atoms with E-state index in [9.17, 15) is 0 Å². The molecule has 35 heavy (non-hydrogen) atoms. The number of rotatable bonds is 7. The molecule has 4 aromatic rings. The fraction of sp³-hybridized carbons (Fsp3) is 0.308. The smallest absolute Gasteiger partial charge is 0.124 e. The van der Waals surface area contributed by atoms with Gasteiger partial charge in [0.05, 0.1) is 55.6 Å². The van der Waals surface area contributed by atoms with Crippen LogP contribution < -0.4 is 14.4 Å². The van der Waals surface area contributed by atoms with Gasteiger partial charge in [-0.05, 0) is 25.1 Å². The quantitative estimate of drug-likeness (QED) is 0.398. The molecule has 0 radical (unpaired) electrons. The first-order valence-electron chi connectivity index (χ1n) is 11.5. The molecule has 0 N–H and O–H groups in total. The van der Waals surface area contributed by atoms with Gasteiger partial charge >= 0.3 is 0 Å². The second-order valence-electron chi connectivity index (χ2n) is 8.78. The Hall–Kier alpha value is -4.14. The summed E-state index contributed by atoms with van der Waals surface area (Å²) in [5, 5.41) is 11.1. The molecule has 2 aromatic heterocycles. The molecule has 5 rings (SSSR count). The first-order valence-corrected chi connectivity index (χ1v) is 11.5. The Labute approximate surface area is 204 Å². The minimum Gasteiger partial charge on any atom is -0.497 e. The molecule has 0 saturated heterocycles. The zero-order valence-corrected chi connectivity index (χ0v) is 20.6. The predicted molar refractivity (Wildman–Crippen MR) is 138 cm³/mol. The first-order chi connectivity index (χ1) is 16.9. The maximum absolute atomic E-state index is 5.55. The molecule has 180 valence electrons. The van der Waals surface area contributed by atoms with Gasteiger partial charge in [-0.2, -0.15) is 10.2 Å². The number of fused-ring (bicyclic) bond motifs is 1. The molecule has 2 aromatic carbocycles. The summed E-state index contributed by atoms with van der Waals surface area (Å²) in [5.74, 6) is 1.45. The van der Waals surface area contributed by atoms with Crippen LogP contribution in [0.1, 0.15) is 13.3 Å². The number of aromatic nitrogens is 4. The second-order valence-corrected chi connectivity index (χ2v) is 8.78. The molecule has 9 heteroatoms. The van der Waals surface area contributed by atoms with Crippen LogP contribution in [-0.4, -0.2) is 64.3 Å². The third-order valence-electron chi connectivity index (χ3n) is 6.29. The molecular formula is C26H29N7O2. The van der Waals surface area contributed by atoms with Gasteiger partial charge in [-0.15, -0.1) is 0 Å². The molecule has 1 unspecified atom stereocenters. The Morgan fingerprint density at radius 3 is 2.37 bits per heavy atom. The van der Waals surface area contributed by atoms with E-state index in [2.05, 4.69) is 34.0 Å². The van der Waals surface area contributed by atoms with E-state index in [-0.39, 0.29) is 0 Å². The van der Waals surface area contributed by atoms with Gasteiger partial charge in [-0.1, -0.05) is 0 Å². The zero-order chi connectivity index (χ0) is 24.5. The molecule has 1 atom stereocenters. The van der Waals surface area contributed by atoms with Crippen LogP contribution in [0.2, 0.25) is 0 Å². The largest absolute Gasteiger partial charge is 0.497 e. The minimum atomic E-state index is 0.371. The molecule has 0 bridgehead atoms. The van der Waals surface area contributed by atoms with E-state index in [0.29, 0.717) is 12.6 Å². The minimum absolute atomic E-state index is 0.371. The maximum Gasteiger partial charge on any atom is 0.124 e. The van der Waals surface area contributed by atoms with Crippen LogP contribution in [0.15, 0.2) is 60.1 Å². The standard InChI is InChI=1S/C26H29N7O2/c1-17-8-19(30-32(17)3)16-33(21-9-22(34-4)12-23(10-21)35-5)20-6-7-24-25(11-20)29-26(14-27-24)18-13-28-31(2)15-18/h6-7,9-15,17H,8,16H2,1-5H3. The van der Waals surface area contributed by atoms with Crippen LogP contribution in [-0.2, 0) is 7.05 Å². The maximum atomic E-state index is 5.55. The lowest BCUT2D eigenvalue weighted by Gasteiger charge is -2.26. The van der Waals surface area contributed by atoms with Gasteiger partial charge in [0.2, 0.25) is 0 Å². The van der Waals surface area contributed by atoms with Crippen molar-refractivity contribution < 1.29 is 9.47 Å². The number of methoxy groups -OCH3 is 2. The van der Waals surface area contributed by atoms with E-state index < -0.39 is 0 Å². The van der Waals surface area contributed by atoms with Crippen molar-refractivity contribution >= 4 is 28.1 Å². The number of hydrazone groups is 1. The summed E-state index contributed by atoms with van der Waals surface area (Å²) in [6.07, 6.45) is 6.43. The van der Waals surface area contributed by atoms with Crippen molar-refractivity contribution in [2.24, 2.45) is 12.1 Å². The van der Waals surface area contributed by atoms with Crippen LogP contribution in [0.3, 0.4) is 0 Å². The fourth-order valence-electron chi connectivity index (χ4n) is 4.25. The Kier molecular flexibility index (Phi) is 5.98. The lowest BCUT2D eigenvalue weighted by atomic mass is 10.1. The van der Waals surface area contributed by atoms with Crippen LogP contribution >= 0.6 is 0 Å². The second kappa shape index (κ2) is 9.25. The first kappa shape index (κ1) is 22.6. The molecule has 0 amide bonds. The van der Waals surface area contributed by atoms with Gasteiger partial charge < -0.3 is 14.4 Å². The average molecular weight is 472 g/mol. The summed E-state index contributed by atoms with van der Waals surface area (Å²) in [4.78, 5) is 11.7. The highest BCUT2D eigenvalue weighted by atomic mass is 16.5. The van der Waals surface area contributed by atoms with Gasteiger partial charge in [-0.25, -0.2) is 4.98 Å². The topological polar surface area (TPSA) is 80.9 Å². The van der Waals surface area contributed by atoms with E-state index >= 15 is 0 Å². The van der Waals surface area contributed by atoms with Crippen LogP contribution in [0.25, 0.3) is 22.3 Å². The summed E-state index contributed by atoms with van der Waals surface area (Å²) in [6.45, 7) is 2.81. The van der Waals surface area contributed by atoms with E-state index in [1.54, 1.807) is 31.3 Å². The van der Waals surface area contributed by atoms with Crippen LogP contribution in [0.4, 0.5) is 11.4 Å². The highest BCUT2D eigenvalue weighted by molar-refractivity contribution is 5.93. The van der Waals surface area contributed by atoms with Crippen molar-refractivity contribution in [1.29, 1.82) is 0 Å². The van der Waals surface area contributed by atoms with Crippen molar-refractivity contribution in [3.8, 4) is 22.8 Å². The Bertz CT molecular complexity index is 1380. The monoisotopic (exact) mass is 471 g/mol. The van der Waals surface area contributed by atoms with E-state index in [0.717, 1.165) is 57.3 Å². The lowest BCUT2D eigenvalue weighted by Crippen LogP contribution is -2.25. The van der Waals surface area contributed by atoms with Gasteiger partial charge in [0, 0.05) is 67.9 Å². The number of aryl methyl sites for hydroxylation is 1. The van der Waals surface area contributed by atoms with Crippen LogP contribution in [0.5, 0.6) is 11.5 Å². The fourth-order valence-corrected chi connectivity index (χ4v) is 4.25. The molecule has 0 aliphatic carbocycles. The summed E-state index contributed by atoms with van der Waals surface area (Å²) in [7, 11) is 7.22. The highest BCUT2D eigenvalue weighted by Gasteiger charge is 2.23. The summed E-state index contributed by atoms with van der Waals surface area (Å²) < 4.78 is 12.9. The molecule has 0 spiro atoms. The SMILES string of the molecule is COc1cc(OC)cc(N(CC2=NN(C)C(C)C2)c2ccc3ncc(-c4cnn(C)c4)nc3c2)c1. The molecular weight excluding hydrogens is 442 g/mol. The number of anilines is 2. The average Bonchev–Trinajstić information content (AvgIpc) is 3.45. The van der Waals surface area contributed by atoms with Crippen LogP contribution in [0, 0.1) is 0 Å². The highest BCUT2D eigenvalue weighted by Crippen LogP contribution is 2.34. The molecule has 0 saturated carbocycles. The lowest BCUT2D eigenvalue weighted by molar-refractivity contribution is 0.303. The molecule has 9 nitrogen and oxygen atoms in total. The van der Waals surface area contributed by atoms with Crippen molar-refractivity contribution in [3.05, 3.63) is 55.0 Å². The predicted octanol–water partition coefficient (Wildman–Crippen LogP) is 4.27. The van der Waals surface area contributed by atoms with Gasteiger partial charge in [0.15, 0.2) is 0 Å². The Morgan fingerprint density at radius 2 is 1.74 bits per heavy atom. The van der Waals surface area contributed by atoms with Crippen molar-refractivity contribution in [2.45, 2.75) is 19.4 Å². The molecule has 1 aliphatic heterocycles. The van der Waals surface area contributed by atoms with E-state index in [4.69, 9.17) is 19.6 Å². The Morgan fingerprint density at radius 1 is 0.971 bits per heavy atom. The number of benzene rings is 2. The molecule has 1 aliphatic rings. The number of nitrogens with zero attached hydrogens (tertiary/aromatic N) is 7. The third kappa shape index (κ3) is 4.62. The van der Waals surface area contributed by atoms with Crippen molar-refractivity contribution in [3.63, 3.8) is 0 Å². The summed E-state index contributed by atoms with van der Waals surface area (Å²) >= 11 is 0. The number of hydrogen-bond donors (Lipinski definition) is 0. The van der Waals surface area contributed by atoms with E-state index in [1.807, 2.05) is 49.6 Å². The summed E-state index contributed by atoms with van der Waals surface area (Å²) in [6, 6.07) is 12.4.